The Morgan fingerprint density at radius 3 is 2.25 bits per heavy atom. The maximum Gasteiger partial charge on any atom is 0.272 e. The van der Waals surface area contributed by atoms with Gasteiger partial charge in [-0.05, 0) is 6.07 Å². The van der Waals surface area contributed by atoms with Crippen molar-refractivity contribution in [1.29, 1.82) is 0 Å². The Kier molecular flexibility index (Phi) is 3.97. The lowest BCUT2D eigenvalue weighted by molar-refractivity contribution is 0.0492. The Morgan fingerprint density at radius 2 is 1.57 bits per heavy atom. The Balaban J connectivity index is 1.24. The fourth-order valence-corrected chi connectivity index (χ4v) is 3.34. The first-order valence-corrected chi connectivity index (χ1v) is 9.15. The van der Waals surface area contributed by atoms with E-state index >= 15 is 0 Å². The molecule has 0 radical (unpaired) electrons. The molecule has 1 amide bonds. The third-order valence-corrected chi connectivity index (χ3v) is 4.98. The SMILES string of the molecule is O=C(c1cc(-c2ccccc2)n[nH]1)N1CC(n2cc(-c3ccccc3)nn2)C1. The van der Waals surface area contributed by atoms with Crippen LogP contribution in [0.5, 0.6) is 0 Å². The van der Waals surface area contributed by atoms with Gasteiger partial charge in [-0.2, -0.15) is 5.10 Å². The molecule has 0 saturated carbocycles. The molecule has 1 fully saturated rings. The van der Waals surface area contributed by atoms with E-state index in [1.54, 1.807) is 11.0 Å². The van der Waals surface area contributed by atoms with Crippen molar-refractivity contribution in [3.8, 4) is 22.5 Å². The van der Waals surface area contributed by atoms with E-state index < -0.39 is 0 Å². The zero-order valence-electron chi connectivity index (χ0n) is 15.1. The highest BCUT2D eigenvalue weighted by Gasteiger charge is 2.34. The van der Waals surface area contributed by atoms with Crippen molar-refractivity contribution in [2.24, 2.45) is 0 Å². The van der Waals surface area contributed by atoms with Crippen molar-refractivity contribution in [1.82, 2.24) is 30.1 Å². The van der Waals surface area contributed by atoms with E-state index in [1.807, 2.05) is 71.5 Å². The predicted octanol–water partition coefficient (Wildman–Crippen LogP) is 3.03. The smallest absolute Gasteiger partial charge is 0.272 e. The van der Waals surface area contributed by atoms with Gasteiger partial charge in [0.15, 0.2) is 0 Å². The fraction of sp³-hybridized carbons (Fsp3) is 0.143. The number of benzene rings is 2. The molecule has 0 unspecified atom stereocenters. The maximum absolute atomic E-state index is 12.7. The van der Waals surface area contributed by atoms with E-state index in [4.69, 9.17) is 0 Å². The van der Waals surface area contributed by atoms with Crippen LogP contribution in [0.25, 0.3) is 22.5 Å². The number of hydrogen-bond acceptors (Lipinski definition) is 4. The van der Waals surface area contributed by atoms with E-state index in [1.165, 1.54) is 0 Å². The molecule has 28 heavy (non-hydrogen) atoms. The Hall–Kier alpha value is -3.74. The average Bonchev–Trinajstić information content (AvgIpc) is 3.38. The molecule has 3 heterocycles. The second-order valence-electron chi connectivity index (χ2n) is 6.85. The van der Waals surface area contributed by atoms with Crippen molar-refractivity contribution < 1.29 is 4.79 Å². The topological polar surface area (TPSA) is 79.7 Å². The van der Waals surface area contributed by atoms with Crippen molar-refractivity contribution in [2.75, 3.05) is 13.1 Å². The van der Waals surface area contributed by atoms with Crippen molar-refractivity contribution in [3.63, 3.8) is 0 Å². The van der Waals surface area contributed by atoms with Crippen LogP contribution in [-0.2, 0) is 0 Å². The summed E-state index contributed by atoms with van der Waals surface area (Å²) in [6.45, 7) is 1.21. The minimum atomic E-state index is -0.0469. The van der Waals surface area contributed by atoms with Crippen LogP contribution >= 0.6 is 0 Å². The van der Waals surface area contributed by atoms with E-state index in [0.717, 1.165) is 22.5 Å². The summed E-state index contributed by atoms with van der Waals surface area (Å²) < 4.78 is 1.84. The molecule has 0 bridgehead atoms. The van der Waals surface area contributed by atoms with Gasteiger partial charge in [-0.1, -0.05) is 65.9 Å². The number of aromatic nitrogens is 5. The van der Waals surface area contributed by atoms with E-state index in [9.17, 15) is 4.79 Å². The molecule has 1 aliphatic heterocycles. The number of H-pyrrole nitrogens is 1. The number of nitrogens with zero attached hydrogens (tertiary/aromatic N) is 5. The summed E-state index contributed by atoms with van der Waals surface area (Å²) in [5, 5.41) is 15.6. The molecule has 7 nitrogen and oxygen atoms in total. The maximum atomic E-state index is 12.7. The second-order valence-corrected chi connectivity index (χ2v) is 6.85. The van der Waals surface area contributed by atoms with Gasteiger partial charge in [-0.3, -0.25) is 9.89 Å². The summed E-state index contributed by atoms with van der Waals surface area (Å²) >= 11 is 0. The van der Waals surface area contributed by atoms with Gasteiger partial charge in [-0.25, -0.2) is 4.68 Å². The number of amides is 1. The number of aromatic amines is 1. The van der Waals surface area contributed by atoms with Crippen LogP contribution in [0, 0.1) is 0 Å². The fourth-order valence-electron chi connectivity index (χ4n) is 3.34. The van der Waals surface area contributed by atoms with E-state index in [2.05, 4.69) is 20.5 Å². The van der Waals surface area contributed by atoms with Crippen LogP contribution in [0.1, 0.15) is 16.5 Å². The minimum Gasteiger partial charge on any atom is -0.333 e. The standard InChI is InChI=1S/C21H18N6O/c28-21(19-11-18(22-23-19)15-7-3-1-4-8-15)26-12-17(13-26)27-14-20(24-25-27)16-9-5-2-6-10-16/h1-11,14,17H,12-13H2,(H,22,23). The van der Waals surface area contributed by atoms with Crippen LogP contribution in [-0.4, -0.2) is 49.1 Å². The summed E-state index contributed by atoms with van der Waals surface area (Å²) in [4.78, 5) is 14.5. The Bertz CT molecular complexity index is 1100. The quantitative estimate of drug-likeness (QED) is 0.599. The predicted molar refractivity (Wildman–Crippen MR) is 104 cm³/mol. The monoisotopic (exact) mass is 370 g/mol. The Morgan fingerprint density at radius 1 is 0.929 bits per heavy atom. The highest BCUT2D eigenvalue weighted by molar-refractivity contribution is 5.94. The van der Waals surface area contributed by atoms with E-state index in [0.29, 0.717) is 18.8 Å². The number of nitrogens with one attached hydrogen (secondary N) is 1. The number of carbonyl (C=O) groups is 1. The van der Waals surface area contributed by atoms with Crippen LogP contribution in [0.3, 0.4) is 0 Å². The van der Waals surface area contributed by atoms with Crippen LogP contribution < -0.4 is 0 Å². The molecule has 1 saturated heterocycles. The number of likely N-dealkylation sites (tertiary alicyclic amines) is 1. The highest BCUT2D eigenvalue weighted by atomic mass is 16.2. The molecule has 2 aromatic carbocycles. The molecular weight excluding hydrogens is 352 g/mol. The van der Waals surface area contributed by atoms with Crippen molar-refractivity contribution in [2.45, 2.75) is 6.04 Å². The zero-order valence-corrected chi connectivity index (χ0v) is 15.1. The summed E-state index contributed by atoms with van der Waals surface area (Å²) in [5.74, 6) is -0.0469. The lowest BCUT2D eigenvalue weighted by Gasteiger charge is -2.38. The number of rotatable bonds is 4. The van der Waals surface area contributed by atoms with Gasteiger partial charge >= 0.3 is 0 Å². The highest BCUT2D eigenvalue weighted by Crippen LogP contribution is 2.25. The molecule has 4 aromatic rings. The largest absolute Gasteiger partial charge is 0.333 e. The minimum absolute atomic E-state index is 0.0469. The van der Waals surface area contributed by atoms with Crippen LogP contribution in [0.15, 0.2) is 72.9 Å². The van der Waals surface area contributed by atoms with Gasteiger partial charge < -0.3 is 4.90 Å². The lowest BCUT2D eigenvalue weighted by atomic mass is 10.1. The molecule has 7 heteroatoms. The molecule has 0 aliphatic carbocycles. The van der Waals surface area contributed by atoms with E-state index in [-0.39, 0.29) is 11.9 Å². The van der Waals surface area contributed by atoms with Crippen molar-refractivity contribution >= 4 is 5.91 Å². The summed E-state index contributed by atoms with van der Waals surface area (Å²) in [7, 11) is 0. The van der Waals surface area contributed by atoms with Gasteiger partial charge in [0.2, 0.25) is 0 Å². The first kappa shape index (κ1) is 16.4. The first-order valence-electron chi connectivity index (χ1n) is 9.15. The second kappa shape index (κ2) is 6.77. The third kappa shape index (κ3) is 2.96. The molecule has 1 N–H and O–H groups in total. The van der Waals surface area contributed by atoms with Gasteiger partial charge in [-0.15, -0.1) is 5.10 Å². The van der Waals surface area contributed by atoms with Crippen LogP contribution in [0.4, 0.5) is 0 Å². The van der Waals surface area contributed by atoms with Gasteiger partial charge in [0, 0.05) is 24.2 Å². The first-order chi connectivity index (χ1) is 13.8. The molecule has 5 rings (SSSR count). The average molecular weight is 370 g/mol. The van der Waals surface area contributed by atoms with Gasteiger partial charge in [0.25, 0.3) is 5.91 Å². The number of carbonyl (C=O) groups excluding carboxylic acids is 1. The summed E-state index contributed by atoms with van der Waals surface area (Å²) in [6, 6.07) is 21.7. The summed E-state index contributed by atoms with van der Waals surface area (Å²) in [5.41, 5.74) is 4.12. The normalized spacial score (nSPS) is 14.1. The van der Waals surface area contributed by atoms with Gasteiger partial charge in [0.05, 0.1) is 17.9 Å². The lowest BCUT2D eigenvalue weighted by Crippen LogP contribution is -2.51. The molecule has 138 valence electrons. The van der Waals surface area contributed by atoms with Crippen molar-refractivity contribution in [3.05, 3.63) is 78.6 Å². The molecular formula is C21H18N6O. The Labute approximate surface area is 161 Å². The third-order valence-electron chi connectivity index (χ3n) is 4.98. The number of hydrogen-bond donors (Lipinski definition) is 1. The summed E-state index contributed by atoms with van der Waals surface area (Å²) in [6.07, 6.45) is 1.94. The molecule has 0 spiro atoms. The van der Waals surface area contributed by atoms with Crippen LogP contribution in [0.2, 0.25) is 0 Å². The molecule has 1 aliphatic rings. The zero-order chi connectivity index (χ0) is 18.9. The molecule has 2 aromatic heterocycles. The molecule has 0 atom stereocenters. The van der Waals surface area contributed by atoms with Gasteiger partial charge in [0.1, 0.15) is 11.4 Å².